The number of aryl methyl sites for hydroxylation is 1. The largest absolute Gasteiger partial charge is 0.367 e. The Bertz CT molecular complexity index is 1010. The van der Waals surface area contributed by atoms with Gasteiger partial charge >= 0.3 is 0 Å². The average molecular weight is 343 g/mol. The van der Waals surface area contributed by atoms with Crippen LogP contribution in [0.25, 0.3) is 16.9 Å². The molecule has 1 aromatic carbocycles. The highest BCUT2D eigenvalue weighted by Gasteiger charge is 2.12. The predicted octanol–water partition coefficient (Wildman–Crippen LogP) is 4.14. The third kappa shape index (κ3) is 3.42. The van der Waals surface area contributed by atoms with Crippen LogP contribution in [0.15, 0.2) is 67.0 Å². The molecule has 5 nitrogen and oxygen atoms in total. The maximum atomic E-state index is 4.77. The SMILES string of the molecule is Cc1cc2nc(-c3ccccc3)cc(NC(C)Cc3cccnc3)n2n1. The molecular weight excluding hydrogens is 322 g/mol. The second kappa shape index (κ2) is 6.96. The lowest BCUT2D eigenvalue weighted by Gasteiger charge is -2.17. The van der Waals surface area contributed by atoms with Gasteiger partial charge in [-0.05, 0) is 31.9 Å². The number of hydrogen-bond donors (Lipinski definition) is 1. The monoisotopic (exact) mass is 343 g/mol. The first-order chi connectivity index (χ1) is 12.7. The molecule has 0 saturated carbocycles. The van der Waals surface area contributed by atoms with E-state index in [4.69, 9.17) is 4.98 Å². The van der Waals surface area contributed by atoms with Crippen LogP contribution in [0, 0.1) is 6.92 Å². The number of aromatic nitrogens is 4. The molecule has 1 unspecified atom stereocenters. The molecule has 5 heteroatoms. The van der Waals surface area contributed by atoms with Gasteiger partial charge in [0.15, 0.2) is 5.65 Å². The van der Waals surface area contributed by atoms with Crippen LogP contribution in [0.5, 0.6) is 0 Å². The minimum atomic E-state index is 0.234. The van der Waals surface area contributed by atoms with Crippen LogP contribution >= 0.6 is 0 Å². The fourth-order valence-corrected chi connectivity index (χ4v) is 3.12. The predicted molar refractivity (Wildman–Crippen MR) is 104 cm³/mol. The van der Waals surface area contributed by atoms with Gasteiger partial charge in [-0.2, -0.15) is 9.61 Å². The van der Waals surface area contributed by atoms with Crippen molar-refractivity contribution in [2.75, 3.05) is 5.32 Å². The molecule has 1 atom stereocenters. The molecule has 1 N–H and O–H groups in total. The highest BCUT2D eigenvalue weighted by molar-refractivity contribution is 5.66. The molecule has 0 aliphatic heterocycles. The van der Waals surface area contributed by atoms with Crippen LogP contribution in [0.1, 0.15) is 18.2 Å². The molecule has 0 aliphatic carbocycles. The fourth-order valence-electron chi connectivity index (χ4n) is 3.12. The summed E-state index contributed by atoms with van der Waals surface area (Å²) in [6, 6.07) is 18.6. The first kappa shape index (κ1) is 16.3. The van der Waals surface area contributed by atoms with E-state index in [9.17, 15) is 0 Å². The second-order valence-corrected chi connectivity index (χ2v) is 6.56. The molecule has 0 spiro atoms. The lowest BCUT2D eigenvalue weighted by atomic mass is 10.1. The van der Waals surface area contributed by atoms with E-state index in [0.29, 0.717) is 0 Å². The molecule has 0 fully saturated rings. The van der Waals surface area contributed by atoms with Crippen molar-refractivity contribution in [3.05, 3.63) is 78.2 Å². The molecular formula is C21H21N5. The molecule has 0 bridgehead atoms. The number of anilines is 1. The van der Waals surface area contributed by atoms with Crippen molar-refractivity contribution < 1.29 is 0 Å². The minimum absolute atomic E-state index is 0.234. The van der Waals surface area contributed by atoms with Gasteiger partial charge in [0.2, 0.25) is 0 Å². The first-order valence-corrected chi connectivity index (χ1v) is 8.77. The van der Waals surface area contributed by atoms with Gasteiger partial charge in [-0.3, -0.25) is 4.98 Å². The topological polar surface area (TPSA) is 55.1 Å². The summed E-state index contributed by atoms with van der Waals surface area (Å²) in [5.41, 5.74) is 5.04. The van der Waals surface area contributed by atoms with E-state index in [0.717, 1.165) is 34.8 Å². The third-order valence-electron chi connectivity index (χ3n) is 4.28. The van der Waals surface area contributed by atoms with E-state index in [1.807, 2.05) is 48.0 Å². The number of benzene rings is 1. The summed E-state index contributed by atoms with van der Waals surface area (Å²) in [6.07, 6.45) is 4.60. The van der Waals surface area contributed by atoms with E-state index in [2.05, 4.69) is 46.6 Å². The molecule has 0 radical (unpaired) electrons. The first-order valence-electron chi connectivity index (χ1n) is 8.77. The van der Waals surface area contributed by atoms with Gasteiger partial charge in [-0.15, -0.1) is 0 Å². The van der Waals surface area contributed by atoms with E-state index in [1.165, 1.54) is 5.56 Å². The van der Waals surface area contributed by atoms with Crippen molar-refractivity contribution in [2.24, 2.45) is 0 Å². The van der Waals surface area contributed by atoms with Crippen molar-refractivity contribution in [2.45, 2.75) is 26.3 Å². The van der Waals surface area contributed by atoms with Crippen molar-refractivity contribution in [1.29, 1.82) is 0 Å². The van der Waals surface area contributed by atoms with Gasteiger partial charge in [-0.25, -0.2) is 4.98 Å². The van der Waals surface area contributed by atoms with Crippen LogP contribution in [0.3, 0.4) is 0 Å². The fraction of sp³-hybridized carbons (Fsp3) is 0.190. The van der Waals surface area contributed by atoms with Crippen molar-refractivity contribution in [3.8, 4) is 11.3 Å². The third-order valence-corrected chi connectivity index (χ3v) is 4.28. The van der Waals surface area contributed by atoms with Crippen molar-refractivity contribution in [1.82, 2.24) is 19.6 Å². The molecule has 4 rings (SSSR count). The Morgan fingerprint density at radius 1 is 1.08 bits per heavy atom. The molecule has 0 aliphatic rings. The summed E-state index contributed by atoms with van der Waals surface area (Å²) >= 11 is 0. The van der Waals surface area contributed by atoms with E-state index >= 15 is 0 Å². The van der Waals surface area contributed by atoms with Gasteiger partial charge < -0.3 is 5.32 Å². The Hall–Kier alpha value is -3.21. The summed E-state index contributed by atoms with van der Waals surface area (Å²) in [5.74, 6) is 0.943. The summed E-state index contributed by atoms with van der Waals surface area (Å²) < 4.78 is 1.88. The number of nitrogens with one attached hydrogen (secondary N) is 1. The summed E-state index contributed by atoms with van der Waals surface area (Å²) in [4.78, 5) is 8.97. The summed E-state index contributed by atoms with van der Waals surface area (Å²) in [6.45, 7) is 4.15. The Balaban J connectivity index is 1.68. The number of hydrogen-bond acceptors (Lipinski definition) is 4. The lowest BCUT2D eigenvalue weighted by Crippen LogP contribution is -2.20. The van der Waals surface area contributed by atoms with Gasteiger partial charge in [0.25, 0.3) is 0 Å². The normalized spacial score (nSPS) is 12.2. The number of pyridine rings is 1. The van der Waals surface area contributed by atoms with Crippen LogP contribution in [0.2, 0.25) is 0 Å². The quantitative estimate of drug-likeness (QED) is 0.592. The molecule has 4 aromatic rings. The van der Waals surface area contributed by atoms with Gasteiger partial charge in [0.1, 0.15) is 5.82 Å². The molecule has 3 heterocycles. The summed E-state index contributed by atoms with van der Waals surface area (Å²) in [7, 11) is 0. The maximum Gasteiger partial charge on any atom is 0.158 e. The molecule has 0 saturated heterocycles. The Labute approximate surface area is 152 Å². The van der Waals surface area contributed by atoms with Crippen LogP contribution < -0.4 is 5.32 Å². The highest BCUT2D eigenvalue weighted by Crippen LogP contribution is 2.23. The smallest absolute Gasteiger partial charge is 0.158 e. The molecule has 130 valence electrons. The van der Waals surface area contributed by atoms with E-state index in [1.54, 1.807) is 6.20 Å². The van der Waals surface area contributed by atoms with Gasteiger partial charge in [0.05, 0.1) is 11.4 Å². The Morgan fingerprint density at radius 2 is 1.92 bits per heavy atom. The van der Waals surface area contributed by atoms with Gasteiger partial charge in [0, 0.05) is 36.1 Å². The lowest BCUT2D eigenvalue weighted by molar-refractivity contribution is 0.767. The number of rotatable bonds is 5. The standard InChI is InChI=1S/C21H21N5/c1-15(11-17-7-6-10-22-14-17)23-21-13-19(18-8-4-3-5-9-18)24-20-12-16(2)25-26(20)21/h3-10,12-15,23H,11H2,1-2H3. The van der Waals surface area contributed by atoms with Crippen molar-refractivity contribution >= 4 is 11.5 Å². The average Bonchev–Trinajstić information content (AvgIpc) is 3.04. The van der Waals surface area contributed by atoms with E-state index < -0.39 is 0 Å². The van der Waals surface area contributed by atoms with Crippen LogP contribution in [0.4, 0.5) is 5.82 Å². The van der Waals surface area contributed by atoms with Gasteiger partial charge in [-0.1, -0.05) is 36.4 Å². The highest BCUT2D eigenvalue weighted by atomic mass is 15.3. The van der Waals surface area contributed by atoms with E-state index in [-0.39, 0.29) is 6.04 Å². The molecule has 0 amide bonds. The van der Waals surface area contributed by atoms with Crippen LogP contribution in [-0.4, -0.2) is 25.6 Å². The Morgan fingerprint density at radius 3 is 2.69 bits per heavy atom. The number of nitrogens with zero attached hydrogens (tertiary/aromatic N) is 4. The van der Waals surface area contributed by atoms with Crippen molar-refractivity contribution in [3.63, 3.8) is 0 Å². The second-order valence-electron chi connectivity index (χ2n) is 6.56. The Kier molecular flexibility index (Phi) is 4.35. The van der Waals surface area contributed by atoms with Crippen LogP contribution in [-0.2, 0) is 6.42 Å². The molecule has 3 aromatic heterocycles. The summed E-state index contributed by atoms with van der Waals surface area (Å²) in [5, 5.41) is 8.18. The molecule has 26 heavy (non-hydrogen) atoms. The zero-order valence-electron chi connectivity index (χ0n) is 14.9. The zero-order chi connectivity index (χ0) is 17.9. The number of fused-ring (bicyclic) bond motifs is 1. The minimum Gasteiger partial charge on any atom is -0.367 e. The maximum absolute atomic E-state index is 4.77. The zero-order valence-corrected chi connectivity index (χ0v) is 14.9.